The first-order valence-corrected chi connectivity index (χ1v) is 9.63. The van der Waals surface area contributed by atoms with E-state index in [-0.39, 0.29) is 27.7 Å². The number of aromatic hydroxyl groups is 1. The molecule has 2 rings (SSSR count). The highest BCUT2D eigenvalue weighted by atomic mass is 32.2. The van der Waals surface area contributed by atoms with E-state index >= 15 is 0 Å². The van der Waals surface area contributed by atoms with Gasteiger partial charge in [-0.3, -0.25) is 9.44 Å². The Morgan fingerprint density at radius 3 is 2.13 bits per heavy atom. The van der Waals surface area contributed by atoms with Gasteiger partial charge in [-0.2, -0.15) is 0 Å². The van der Waals surface area contributed by atoms with Crippen molar-refractivity contribution in [2.45, 2.75) is 4.90 Å². The molecule has 0 fully saturated rings. The Hall–Kier alpha value is -2.46. The molecule has 0 radical (unpaired) electrons. The van der Waals surface area contributed by atoms with Gasteiger partial charge in [-0.05, 0) is 36.4 Å². The van der Waals surface area contributed by atoms with Crippen molar-refractivity contribution in [3.8, 4) is 5.75 Å². The van der Waals surface area contributed by atoms with Crippen molar-refractivity contribution in [2.24, 2.45) is 0 Å². The summed E-state index contributed by atoms with van der Waals surface area (Å²) in [6.07, 6.45) is 0.989. The van der Waals surface area contributed by atoms with Crippen LogP contribution in [0.1, 0.15) is 0 Å². The maximum Gasteiger partial charge on any atom is 0.261 e. The SMILES string of the molecule is CS(=O)(=O)Nc1cccc(NS(=O)(=O)c2ccc(O)c(N)c2)c1. The molecule has 0 aliphatic heterocycles. The van der Waals surface area contributed by atoms with Gasteiger partial charge < -0.3 is 10.8 Å². The monoisotopic (exact) mass is 357 g/mol. The molecule has 0 amide bonds. The molecule has 5 N–H and O–H groups in total. The number of sulfonamides is 2. The Kier molecular flexibility index (Phi) is 4.39. The van der Waals surface area contributed by atoms with Gasteiger partial charge in [-0.25, -0.2) is 16.8 Å². The minimum Gasteiger partial charge on any atom is -0.506 e. The first-order valence-electron chi connectivity index (χ1n) is 6.26. The van der Waals surface area contributed by atoms with Crippen molar-refractivity contribution in [3.63, 3.8) is 0 Å². The molecule has 0 saturated heterocycles. The zero-order chi connectivity index (χ0) is 17.3. The van der Waals surface area contributed by atoms with Crippen LogP contribution in [0.3, 0.4) is 0 Å². The summed E-state index contributed by atoms with van der Waals surface area (Å²) < 4.78 is 51.5. The van der Waals surface area contributed by atoms with E-state index in [1.54, 1.807) is 0 Å². The van der Waals surface area contributed by atoms with Crippen molar-refractivity contribution in [1.82, 2.24) is 0 Å². The van der Waals surface area contributed by atoms with Crippen LogP contribution < -0.4 is 15.2 Å². The van der Waals surface area contributed by atoms with E-state index < -0.39 is 20.0 Å². The summed E-state index contributed by atoms with van der Waals surface area (Å²) in [5.74, 6) is -0.219. The molecule has 10 heteroatoms. The molecule has 0 heterocycles. The molecule has 0 aliphatic carbocycles. The molecule has 0 bridgehead atoms. The number of anilines is 3. The number of hydrogen-bond acceptors (Lipinski definition) is 6. The zero-order valence-corrected chi connectivity index (χ0v) is 13.6. The predicted molar refractivity (Wildman–Crippen MR) is 88.2 cm³/mol. The molecule has 23 heavy (non-hydrogen) atoms. The second-order valence-electron chi connectivity index (χ2n) is 4.78. The van der Waals surface area contributed by atoms with Gasteiger partial charge in [-0.15, -0.1) is 0 Å². The van der Waals surface area contributed by atoms with E-state index in [0.29, 0.717) is 0 Å². The lowest BCUT2D eigenvalue weighted by atomic mass is 10.3. The van der Waals surface area contributed by atoms with Crippen LogP contribution in [0, 0.1) is 0 Å². The molecule has 0 aromatic heterocycles. The van der Waals surface area contributed by atoms with Crippen molar-refractivity contribution < 1.29 is 21.9 Å². The zero-order valence-electron chi connectivity index (χ0n) is 12.0. The summed E-state index contributed by atoms with van der Waals surface area (Å²) in [4.78, 5) is -0.130. The van der Waals surface area contributed by atoms with Crippen molar-refractivity contribution in [3.05, 3.63) is 42.5 Å². The lowest BCUT2D eigenvalue weighted by Crippen LogP contribution is -2.14. The van der Waals surface area contributed by atoms with E-state index in [1.807, 2.05) is 0 Å². The number of nitrogens with one attached hydrogen (secondary N) is 2. The number of nitrogens with two attached hydrogens (primary N) is 1. The highest BCUT2D eigenvalue weighted by Gasteiger charge is 2.16. The molecule has 124 valence electrons. The molecular formula is C13H15N3O5S2. The number of rotatable bonds is 5. The molecule has 0 spiro atoms. The summed E-state index contributed by atoms with van der Waals surface area (Å²) in [5.41, 5.74) is 5.81. The maximum absolute atomic E-state index is 12.3. The van der Waals surface area contributed by atoms with Gasteiger partial charge in [-0.1, -0.05) is 6.07 Å². The topological polar surface area (TPSA) is 139 Å². The first-order chi connectivity index (χ1) is 10.6. The van der Waals surface area contributed by atoms with Crippen LogP contribution in [0.2, 0.25) is 0 Å². The van der Waals surface area contributed by atoms with Gasteiger partial charge in [0.1, 0.15) is 5.75 Å². The molecule has 0 aliphatic rings. The normalized spacial score (nSPS) is 11.9. The number of benzene rings is 2. The quantitative estimate of drug-likeness (QED) is 0.467. The van der Waals surface area contributed by atoms with Crippen LogP contribution in [0.25, 0.3) is 0 Å². The smallest absolute Gasteiger partial charge is 0.261 e. The third kappa shape index (κ3) is 4.50. The second-order valence-corrected chi connectivity index (χ2v) is 8.21. The van der Waals surface area contributed by atoms with Crippen LogP contribution in [-0.4, -0.2) is 28.2 Å². The predicted octanol–water partition coefficient (Wildman–Crippen LogP) is 1.15. The Morgan fingerprint density at radius 2 is 1.57 bits per heavy atom. The largest absolute Gasteiger partial charge is 0.506 e. The van der Waals surface area contributed by atoms with Gasteiger partial charge in [0, 0.05) is 0 Å². The molecule has 0 atom stereocenters. The third-order valence-corrected chi connectivity index (χ3v) is 4.71. The summed E-state index contributed by atoms with van der Waals surface area (Å²) in [7, 11) is -7.40. The average Bonchev–Trinajstić information content (AvgIpc) is 2.39. The van der Waals surface area contributed by atoms with Gasteiger partial charge in [0.15, 0.2) is 0 Å². The van der Waals surface area contributed by atoms with Crippen LogP contribution in [0.15, 0.2) is 47.4 Å². The number of phenolic OH excluding ortho intramolecular Hbond substituents is 1. The highest BCUT2D eigenvalue weighted by Crippen LogP contribution is 2.25. The lowest BCUT2D eigenvalue weighted by Gasteiger charge is -2.11. The molecule has 0 unspecified atom stereocenters. The Bertz CT molecular complexity index is 940. The standard InChI is InChI=1S/C13H15N3O5S2/c1-22(18,19)15-9-3-2-4-10(7-9)16-23(20,21)11-5-6-13(17)12(14)8-11/h2-8,15-17H,14H2,1H3. The van der Waals surface area contributed by atoms with Crippen LogP contribution in [0.5, 0.6) is 5.75 Å². The average molecular weight is 357 g/mol. The summed E-state index contributed by atoms with van der Waals surface area (Å²) >= 11 is 0. The summed E-state index contributed by atoms with van der Waals surface area (Å²) in [6, 6.07) is 9.28. The Labute approximate surface area is 134 Å². The number of phenols is 1. The highest BCUT2D eigenvalue weighted by molar-refractivity contribution is 7.92. The fraction of sp³-hybridized carbons (Fsp3) is 0.0769. The van der Waals surface area contributed by atoms with E-state index in [1.165, 1.54) is 36.4 Å². The fourth-order valence-electron chi connectivity index (χ4n) is 1.77. The van der Waals surface area contributed by atoms with Crippen LogP contribution >= 0.6 is 0 Å². The number of hydrogen-bond donors (Lipinski definition) is 4. The Balaban J connectivity index is 2.30. The van der Waals surface area contributed by atoms with Gasteiger partial charge in [0.2, 0.25) is 10.0 Å². The first kappa shape index (κ1) is 16.9. The molecule has 2 aromatic carbocycles. The maximum atomic E-state index is 12.3. The summed E-state index contributed by atoms with van der Waals surface area (Å²) in [5, 5.41) is 9.34. The van der Waals surface area contributed by atoms with Crippen molar-refractivity contribution in [1.29, 1.82) is 0 Å². The van der Waals surface area contributed by atoms with E-state index in [4.69, 9.17) is 5.73 Å². The molecular weight excluding hydrogens is 342 g/mol. The number of nitrogen functional groups attached to an aromatic ring is 1. The fourth-order valence-corrected chi connectivity index (χ4v) is 3.41. The summed E-state index contributed by atoms with van der Waals surface area (Å²) in [6.45, 7) is 0. The molecule has 0 saturated carbocycles. The molecule has 8 nitrogen and oxygen atoms in total. The lowest BCUT2D eigenvalue weighted by molar-refractivity contribution is 0.477. The minimum absolute atomic E-state index is 0.0691. The molecule has 2 aromatic rings. The van der Waals surface area contributed by atoms with Crippen LogP contribution in [0.4, 0.5) is 17.1 Å². The Morgan fingerprint density at radius 1 is 0.957 bits per heavy atom. The minimum atomic E-state index is -3.93. The van der Waals surface area contributed by atoms with Gasteiger partial charge in [0.05, 0.1) is 28.2 Å². The van der Waals surface area contributed by atoms with Crippen LogP contribution in [-0.2, 0) is 20.0 Å². The van der Waals surface area contributed by atoms with Gasteiger partial charge in [0.25, 0.3) is 10.0 Å². The van der Waals surface area contributed by atoms with Crippen molar-refractivity contribution >= 4 is 37.1 Å². The second kappa shape index (κ2) is 5.97. The van der Waals surface area contributed by atoms with E-state index in [2.05, 4.69) is 9.44 Å². The van der Waals surface area contributed by atoms with E-state index in [9.17, 15) is 21.9 Å². The van der Waals surface area contributed by atoms with Gasteiger partial charge >= 0.3 is 0 Å². The van der Waals surface area contributed by atoms with E-state index in [0.717, 1.165) is 12.3 Å². The van der Waals surface area contributed by atoms with Crippen molar-refractivity contribution in [2.75, 3.05) is 21.4 Å². The third-order valence-electron chi connectivity index (χ3n) is 2.73.